The monoisotopic (exact) mass is 379 g/mol. The van der Waals surface area contributed by atoms with E-state index in [2.05, 4.69) is 25.8 Å². The summed E-state index contributed by atoms with van der Waals surface area (Å²) in [6.45, 7) is 1.43. The molecular weight excluding hydrogens is 362 g/mol. The van der Waals surface area contributed by atoms with Gasteiger partial charge in [-0.15, -0.1) is 10.2 Å². The maximum Gasteiger partial charge on any atom is 0.234 e. The molecule has 27 heavy (non-hydrogen) atoms. The number of nitrogens with zero attached hydrogens (tertiary/aromatic N) is 3. The number of carbonyl (C=O) groups is 2. The molecular formula is C19H17N5O2S. The van der Waals surface area contributed by atoms with Crippen molar-refractivity contribution in [2.24, 2.45) is 0 Å². The molecule has 0 saturated heterocycles. The topological polar surface area (TPSA) is 96.9 Å². The summed E-state index contributed by atoms with van der Waals surface area (Å²) in [5.74, 6) is -0.129. The van der Waals surface area contributed by atoms with Crippen molar-refractivity contribution in [1.82, 2.24) is 15.2 Å². The first-order valence-electron chi connectivity index (χ1n) is 8.14. The molecule has 0 aliphatic rings. The van der Waals surface area contributed by atoms with Crippen LogP contribution in [-0.4, -0.2) is 32.7 Å². The van der Waals surface area contributed by atoms with E-state index in [9.17, 15) is 9.59 Å². The normalized spacial score (nSPS) is 10.3. The fraction of sp³-hybridized carbons (Fsp3) is 0.105. The Morgan fingerprint density at radius 3 is 2.37 bits per heavy atom. The number of anilines is 2. The molecule has 3 aromatic rings. The molecule has 2 heterocycles. The minimum atomic E-state index is -0.167. The molecule has 0 fully saturated rings. The Morgan fingerprint density at radius 1 is 0.963 bits per heavy atom. The zero-order chi connectivity index (χ0) is 19.1. The number of pyridine rings is 1. The second-order valence-corrected chi connectivity index (χ2v) is 6.59. The second kappa shape index (κ2) is 8.91. The number of carbonyl (C=O) groups excluding carboxylic acids is 2. The lowest BCUT2D eigenvalue weighted by molar-refractivity contribution is -0.114. The lowest BCUT2D eigenvalue weighted by atomic mass is 10.2. The Balaban J connectivity index is 1.54. The number of hydrogen-bond acceptors (Lipinski definition) is 6. The molecule has 0 spiro atoms. The summed E-state index contributed by atoms with van der Waals surface area (Å²) in [7, 11) is 0. The van der Waals surface area contributed by atoms with Crippen LogP contribution >= 0.6 is 11.8 Å². The first-order valence-corrected chi connectivity index (χ1v) is 9.13. The zero-order valence-corrected chi connectivity index (χ0v) is 15.4. The standard InChI is InChI=1S/C19H17N5O2S/c1-13(25)21-15-3-2-4-16(11-15)22-18(26)12-27-19-6-5-17(23-24-19)14-7-9-20-10-8-14/h2-11H,12H2,1H3,(H,21,25)(H,22,26). The van der Waals surface area contributed by atoms with Crippen molar-refractivity contribution in [3.63, 3.8) is 0 Å². The Bertz CT molecular complexity index is 932. The van der Waals surface area contributed by atoms with Crippen LogP contribution in [0.1, 0.15) is 6.92 Å². The highest BCUT2D eigenvalue weighted by Gasteiger charge is 2.07. The molecule has 0 saturated carbocycles. The van der Waals surface area contributed by atoms with Crippen molar-refractivity contribution in [1.29, 1.82) is 0 Å². The molecule has 0 aliphatic heterocycles. The van der Waals surface area contributed by atoms with Gasteiger partial charge in [-0.25, -0.2) is 0 Å². The van der Waals surface area contributed by atoms with E-state index in [-0.39, 0.29) is 17.6 Å². The van der Waals surface area contributed by atoms with E-state index in [1.165, 1.54) is 18.7 Å². The van der Waals surface area contributed by atoms with Gasteiger partial charge in [0, 0.05) is 36.3 Å². The predicted molar refractivity (Wildman–Crippen MR) is 105 cm³/mol. The van der Waals surface area contributed by atoms with Gasteiger partial charge in [-0.2, -0.15) is 0 Å². The molecule has 2 amide bonds. The molecule has 2 N–H and O–H groups in total. The third-order valence-electron chi connectivity index (χ3n) is 3.43. The molecule has 3 rings (SSSR count). The third kappa shape index (κ3) is 5.61. The molecule has 7 nitrogen and oxygen atoms in total. The lowest BCUT2D eigenvalue weighted by Crippen LogP contribution is -2.14. The average Bonchev–Trinajstić information content (AvgIpc) is 2.67. The van der Waals surface area contributed by atoms with Gasteiger partial charge in [0.25, 0.3) is 0 Å². The van der Waals surface area contributed by atoms with Crippen LogP contribution in [0.4, 0.5) is 11.4 Å². The largest absolute Gasteiger partial charge is 0.326 e. The first kappa shape index (κ1) is 18.5. The van der Waals surface area contributed by atoms with Crippen LogP contribution in [0.25, 0.3) is 11.3 Å². The number of aromatic nitrogens is 3. The van der Waals surface area contributed by atoms with Crippen molar-refractivity contribution < 1.29 is 9.59 Å². The number of rotatable bonds is 6. The third-order valence-corrected chi connectivity index (χ3v) is 4.35. The Morgan fingerprint density at radius 2 is 1.70 bits per heavy atom. The van der Waals surface area contributed by atoms with Gasteiger partial charge in [0.05, 0.1) is 11.4 Å². The van der Waals surface area contributed by atoms with Crippen LogP contribution in [0.15, 0.2) is 66.0 Å². The van der Waals surface area contributed by atoms with Gasteiger partial charge in [-0.3, -0.25) is 14.6 Å². The summed E-state index contributed by atoms with van der Waals surface area (Å²) in [6, 6.07) is 14.4. The van der Waals surface area contributed by atoms with Gasteiger partial charge < -0.3 is 10.6 Å². The summed E-state index contributed by atoms with van der Waals surface area (Å²) in [5.41, 5.74) is 2.93. The van der Waals surface area contributed by atoms with E-state index in [4.69, 9.17) is 0 Å². The number of amides is 2. The maximum atomic E-state index is 12.1. The molecule has 8 heteroatoms. The molecule has 0 aliphatic carbocycles. The van der Waals surface area contributed by atoms with E-state index in [0.717, 1.165) is 11.3 Å². The van der Waals surface area contributed by atoms with Gasteiger partial charge in [-0.05, 0) is 42.5 Å². The molecule has 0 radical (unpaired) electrons. The van der Waals surface area contributed by atoms with Gasteiger partial charge in [0.15, 0.2) is 0 Å². The number of hydrogen-bond donors (Lipinski definition) is 2. The van der Waals surface area contributed by atoms with E-state index >= 15 is 0 Å². The van der Waals surface area contributed by atoms with Crippen molar-refractivity contribution >= 4 is 35.0 Å². The number of thioether (sulfide) groups is 1. The molecule has 0 atom stereocenters. The van der Waals surface area contributed by atoms with Gasteiger partial charge in [-0.1, -0.05) is 17.8 Å². The minimum absolute atomic E-state index is 0.164. The predicted octanol–water partition coefficient (Wildman–Crippen LogP) is 3.23. The average molecular weight is 379 g/mol. The Labute approximate surface area is 160 Å². The maximum absolute atomic E-state index is 12.1. The van der Waals surface area contributed by atoms with Gasteiger partial charge in [0.1, 0.15) is 5.03 Å². The van der Waals surface area contributed by atoms with Crippen molar-refractivity contribution in [2.45, 2.75) is 11.9 Å². The molecule has 0 bridgehead atoms. The minimum Gasteiger partial charge on any atom is -0.326 e. The molecule has 1 aromatic carbocycles. The van der Waals surface area contributed by atoms with E-state index in [1.807, 2.05) is 24.3 Å². The number of benzene rings is 1. The summed E-state index contributed by atoms with van der Waals surface area (Å²) >= 11 is 1.30. The first-order chi connectivity index (χ1) is 13.1. The highest BCUT2D eigenvalue weighted by Crippen LogP contribution is 2.20. The highest BCUT2D eigenvalue weighted by molar-refractivity contribution is 7.99. The van der Waals surface area contributed by atoms with Crippen LogP contribution in [-0.2, 0) is 9.59 Å². The Kier molecular flexibility index (Phi) is 6.11. The Hall–Kier alpha value is -3.26. The fourth-order valence-corrected chi connectivity index (χ4v) is 2.90. The summed E-state index contributed by atoms with van der Waals surface area (Å²) < 4.78 is 0. The summed E-state index contributed by atoms with van der Waals surface area (Å²) in [6.07, 6.45) is 3.40. The zero-order valence-electron chi connectivity index (χ0n) is 14.5. The molecule has 0 unspecified atom stereocenters. The summed E-state index contributed by atoms with van der Waals surface area (Å²) in [5, 5.41) is 14.5. The van der Waals surface area contributed by atoms with Crippen molar-refractivity contribution in [3.8, 4) is 11.3 Å². The fourth-order valence-electron chi connectivity index (χ4n) is 2.29. The smallest absolute Gasteiger partial charge is 0.234 e. The van der Waals surface area contributed by atoms with Crippen LogP contribution in [0.3, 0.4) is 0 Å². The molecule has 136 valence electrons. The van der Waals surface area contributed by atoms with Crippen LogP contribution in [0.5, 0.6) is 0 Å². The lowest BCUT2D eigenvalue weighted by Gasteiger charge is -2.07. The van der Waals surface area contributed by atoms with E-state index in [1.54, 1.807) is 36.7 Å². The number of nitrogens with one attached hydrogen (secondary N) is 2. The molecule has 2 aromatic heterocycles. The van der Waals surface area contributed by atoms with Gasteiger partial charge in [0.2, 0.25) is 11.8 Å². The van der Waals surface area contributed by atoms with E-state index in [0.29, 0.717) is 16.4 Å². The van der Waals surface area contributed by atoms with Crippen LogP contribution < -0.4 is 10.6 Å². The van der Waals surface area contributed by atoms with Crippen molar-refractivity contribution in [2.75, 3.05) is 16.4 Å². The quantitative estimate of drug-likeness (QED) is 0.638. The van der Waals surface area contributed by atoms with Crippen LogP contribution in [0.2, 0.25) is 0 Å². The second-order valence-electron chi connectivity index (χ2n) is 5.59. The highest BCUT2D eigenvalue weighted by atomic mass is 32.2. The van der Waals surface area contributed by atoms with Gasteiger partial charge >= 0.3 is 0 Å². The van der Waals surface area contributed by atoms with E-state index < -0.39 is 0 Å². The van der Waals surface area contributed by atoms with Crippen molar-refractivity contribution in [3.05, 3.63) is 60.9 Å². The van der Waals surface area contributed by atoms with Crippen LogP contribution in [0, 0.1) is 0 Å². The SMILES string of the molecule is CC(=O)Nc1cccc(NC(=O)CSc2ccc(-c3ccncc3)nn2)c1. The summed E-state index contributed by atoms with van der Waals surface area (Å²) in [4.78, 5) is 27.2.